The number of hydrogen-bond acceptors (Lipinski definition) is 4. The van der Waals surface area contributed by atoms with Crippen molar-refractivity contribution in [2.45, 2.75) is 26.8 Å². The van der Waals surface area contributed by atoms with E-state index in [0.717, 1.165) is 11.4 Å². The predicted octanol–water partition coefficient (Wildman–Crippen LogP) is 1.79. The fourth-order valence-corrected chi connectivity index (χ4v) is 1.89. The van der Waals surface area contributed by atoms with E-state index < -0.39 is 6.04 Å². The summed E-state index contributed by atoms with van der Waals surface area (Å²) in [6.07, 6.45) is 1.64. The van der Waals surface area contributed by atoms with Crippen molar-refractivity contribution in [3.63, 3.8) is 0 Å². The molecule has 0 aliphatic carbocycles. The van der Waals surface area contributed by atoms with Gasteiger partial charge in [-0.25, -0.2) is 0 Å². The second-order valence-electron chi connectivity index (χ2n) is 6.18. The van der Waals surface area contributed by atoms with E-state index in [0.29, 0.717) is 5.69 Å². The second kappa shape index (κ2) is 5.65. The number of hydrogen-bond donors (Lipinski definition) is 2. The van der Waals surface area contributed by atoms with Crippen LogP contribution in [-0.2, 0) is 11.8 Å². The molecule has 2 rings (SSSR count). The summed E-state index contributed by atoms with van der Waals surface area (Å²) in [6, 6.07) is 6.90. The number of aromatic nitrogens is 3. The number of carbonyl (C=O) groups excluding carboxylic acids is 1. The van der Waals surface area contributed by atoms with Crippen molar-refractivity contribution in [1.82, 2.24) is 14.8 Å². The largest absolute Gasteiger partial charge is 0.325 e. The number of carbonyl (C=O) groups is 1. The summed E-state index contributed by atoms with van der Waals surface area (Å²) in [5, 5.41) is 10.8. The highest BCUT2D eigenvalue weighted by Crippen LogP contribution is 2.22. The van der Waals surface area contributed by atoms with E-state index in [2.05, 4.69) is 15.5 Å². The zero-order chi connectivity index (χ0) is 15.6. The molecule has 112 valence electrons. The Balaban J connectivity index is 2.19. The highest BCUT2D eigenvalue weighted by Gasteiger charge is 2.27. The molecule has 3 N–H and O–H groups in total. The summed E-state index contributed by atoms with van der Waals surface area (Å²) in [4.78, 5) is 12.2. The van der Waals surface area contributed by atoms with Crippen molar-refractivity contribution in [3.05, 3.63) is 30.6 Å². The third-order valence-electron chi connectivity index (χ3n) is 3.32. The Hall–Kier alpha value is -2.21. The Labute approximate surface area is 124 Å². The molecule has 0 unspecified atom stereocenters. The van der Waals surface area contributed by atoms with Crippen molar-refractivity contribution >= 4 is 11.6 Å². The first-order valence-electron chi connectivity index (χ1n) is 6.80. The molecule has 2 aromatic rings. The fourth-order valence-electron chi connectivity index (χ4n) is 1.89. The van der Waals surface area contributed by atoms with Gasteiger partial charge in [-0.05, 0) is 17.5 Å². The third kappa shape index (κ3) is 3.46. The van der Waals surface area contributed by atoms with Crippen LogP contribution in [0.4, 0.5) is 5.69 Å². The maximum Gasteiger partial charge on any atom is 0.241 e. The van der Waals surface area contributed by atoms with Crippen LogP contribution in [0.25, 0.3) is 11.4 Å². The normalized spacial score (nSPS) is 13.0. The Morgan fingerprint density at radius 1 is 1.38 bits per heavy atom. The molecule has 6 nitrogen and oxygen atoms in total. The van der Waals surface area contributed by atoms with Crippen LogP contribution in [-0.4, -0.2) is 26.7 Å². The van der Waals surface area contributed by atoms with Crippen molar-refractivity contribution in [3.8, 4) is 11.4 Å². The quantitative estimate of drug-likeness (QED) is 0.901. The molecule has 1 aromatic carbocycles. The standard InChI is InChI=1S/C15H21N5O/c1-15(2,3)12(16)14(21)18-11-7-5-6-10(8-11)13-19-17-9-20(13)4/h5-9,12H,16H2,1-4H3,(H,18,21)/t12-/m1/s1. The number of amides is 1. The molecule has 1 aromatic heterocycles. The number of rotatable bonds is 3. The molecule has 0 bridgehead atoms. The molecule has 1 atom stereocenters. The maximum atomic E-state index is 12.2. The number of benzene rings is 1. The number of nitrogens with one attached hydrogen (secondary N) is 1. The van der Waals surface area contributed by atoms with Gasteiger partial charge in [0.05, 0.1) is 6.04 Å². The molecule has 0 aliphatic rings. The summed E-state index contributed by atoms with van der Waals surface area (Å²) in [7, 11) is 1.87. The van der Waals surface area contributed by atoms with E-state index in [1.165, 1.54) is 0 Å². The minimum atomic E-state index is -0.573. The molecule has 0 radical (unpaired) electrons. The van der Waals surface area contributed by atoms with Gasteiger partial charge in [-0.2, -0.15) is 0 Å². The minimum absolute atomic E-state index is 0.197. The van der Waals surface area contributed by atoms with Crippen molar-refractivity contribution < 1.29 is 4.79 Å². The van der Waals surface area contributed by atoms with E-state index in [-0.39, 0.29) is 11.3 Å². The first kappa shape index (κ1) is 15.2. The third-order valence-corrected chi connectivity index (χ3v) is 3.32. The molecule has 0 saturated heterocycles. The summed E-state index contributed by atoms with van der Waals surface area (Å²) in [5.74, 6) is 0.545. The number of nitrogens with zero attached hydrogens (tertiary/aromatic N) is 3. The summed E-state index contributed by atoms with van der Waals surface area (Å²) in [6.45, 7) is 5.81. The average molecular weight is 287 g/mol. The summed E-state index contributed by atoms with van der Waals surface area (Å²) in [5.41, 5.74) is 7.25. The van der Waals surface area contributed by atoms with Crippen LogP contribution in [0.1, 0.15) is 20.8 Å². The van der Waals surface area contributed by atoms with Crippen molar-refractivity contribution in [2.75, 3.05) is 5.32 Å². The zero-order valence-electron chi connectivity index (χ0n) is 12.8. The lowest BCUT2D eigenvalue weighted by Crippen LogP contribution is -2.45. The Kier molecular flexibility index (Phi) is 4.09. The summed E-state index contributed by atoms with van der Waals surface area (Å²) < 4.78 is 1.82. The van der Waals surface area contributed by atoms with E-state index >= 15 is 0 Å². The molecule has 0 fully saturated rings. The fraction of sp³-hybridized carbons (Fsp3) is 0.400. The molecule has 1 amide bonds. The van der Waals surface area contributed by atoms with Crippen molar-refractivity contribution in [2.24, 2.45) is 18.2 Å². The molecule has 6 heteroatoms. The van der Waals surface area contributed by atoms with Crippen LogP contribution in [0.2, 0.25) is 0 Å². The molecular weight excluding hydrogens is 266 g/mol. The topological polar surface area (TPSA) is 85.8 Å². The predicted molar refractivity (Wildman–Crippen MR) is 82.5 cm³/mol. The lowest BCUT2D eigenvalue weighted by atomic mass is 9.87. The highest BCUT2D eigenvalue weighted by molar-refractivity contribution is 5.95. The van der Waals surface area contributed by atoms with E-state index in [4.69, 9.17) is 5.73 Å². The molecule has 0 spiro atoms. The van der Waals surface area contributed by atoms with Gasteiger partial charge < -0.3 is 15.6 Å². The highest BCUT2D eigenvalue weighted by atomic mass is 16.2. The first-order valence-corrected chi connectivity index (χ1v) is 6.80. The lowest BCUT2D eigenvalue weighted by Gasteiger charge is -2.25. The molecule has 0 aliphatic heterocycles. The Morgan fingerprint density at radius 2 is 2.10 bits per heavy atom. The molecule has 0 saturated carbocycles. The van der Waals surface area contributed by atoms with E-state index in [1.807, 2.05) is 56.7 Å². The van der Waals surface area contributed by atoms with Gasteiger partial charge in [0, 0.05) is 18.3 Å². The SMILES string of the molecule is Cn1cnnc1-c1cccc(NC(=O)[C@@H](N)C(C)(C)C)c1. The van der Waals surface area contributed by atoms with E-state index in [1.54, 1.807) is 6.33 Å². The molecule has 21 heavy (non-hydrogen) atoms. The molecular formula is C15H21N5O. The summed E-state index contributed by atoms with van der Waals surface area (Å²) >= 11 is 0. The van der Waals surface area contributed by atoms with Crippen LogP contribution < -0.4 is 11.1 Å². The Morgan fingerprint density at radius 3 is 2.67 bits per heavy atom. The number of aryl methyl sites for hydroxylation is 1. The van der Waals surface area contributed by atoms with Crippen LogP contribution in [0.3, 0.4) is 0 Å². The van der Waals surface area contributed by atoms with Crippen LogP contribution in [0.5, 0.6) is 0 Å². The van der Waals surface area contributed by atoms with Gasteiger partial charge >= 0.3 is 0 Å². The van der Waals surface area contributed by atoms with Gasteiger partial charge in [0.2, 0.25) is 5.91 Å². The van der Waals surface area contributed by atoms with Gasteiger partial charge in [-0.3, -0.25) is 4.79 Å². The molecule has 1 heterocycles. The average Bonchev–Trinajstić information content (AvgIpc) is 2.83. The van der Waals surface area contributed by atoms with Gasteiger partial charge in [0.25, 0.3) is 0 Å². The smallest absolute Gasteiger partial charge is 0.241 e. The second-order valence-corrected chi connectivity index (χ2v) is 6.18. The van der Waals surface area contributed by atoms with Crippen LogP contribution >= 0.6 is 0 Å². The lowest BCUT2D eigenvalue weighted by molar-refractivity contribution is -0.119. The van der Waals surface area contributed by atoms with Gasteiger partial charge in [-0.1, -0.05) is 32.9 Å². The van der Waals surface area contributed by atoms with Gasteiger partial charge in [-0.15, -0.1) is 10.2 Å². The van der Waals surface area contributed by atoms with E-state index in [9.17, 15) is 4.79 Å². The zero-order valence-corrected chi connectivity index (χ0v) is 12.8. The van der Waals surface area contributed by atoms with Crippen LogP contribution in [0.15, 0.2) is 30.6 Å². The first-order chi connectivity index (χ1) is 9.79. The van der Waals surface area contributed by atoms with Gasteiger partial charge in [0.15, 0.2) is 5.82 Å². The van der Waals surface area contributed by atoms with Crippen molar-refractivity contribution in [1.29, 1.82) is 0 Å². The number of anilines is 1. The van der Waals surface area contributed by atoms with Crippen LogP contribution in [0, 0.1) is 5.41 Å². The number of nitrogens with two attached hydrogens (primary N) is 1. The monoisotopic (exact) mass is 287 g/mol. The Bertz CT molecular complexity index is 642. The minimum Gasteiger partial charge on any atom is -0.325 e. The van der Waals surface area contributed by atoms with Gasteiger partial charge in [0.1, 0.15) is 6.33 Å². The maximum absolute atomic E-state index is 12.2.